The molecule has 6 nitrogen and oxygen atoms in total. The highest BCUT2D eigenvalue weighted by Crippen LogP contribution is 2.30. The largest absolute Gasteiger partial charge is 0.494 e. The fourth-order valence-electron chi connectivity index (χ4n) is 3.45. The van der Waals surface area contributed by atoms with Crippen molar-refractivity contribution < 1.29 is 13.9 Å². The summed E-state index contributed by atoms with van der Waals surface area (Å²) < 4.78 is 21.8. The number of para-hydroxylation sites is 1. The first-order valence-corrected chi connectivity index (χ1v) is 11.0. The van der Waals surface area contributed by atoms with Gasteiger partial charge in [0.25, 0.3) is 0 Å². The minimum Gasteiger partial charge on any atom is -0.494 e. The molecular weight excluding hydrogens is 403 g/mol. The van der Waals surface area contributed by atoms with E-state index in [2.05, 4.69) is 10.2 Å². The highest BCUT2D eigenvalue weighted by atomic mass is 32.2. The van der Waals surface area contributed by atoms with Crippen LogP contribution in [0.25, 0.3) is 17.1 Å². The Bertz CT molecular complexity index is 1020. The molecule has 3 aromatic rings. The molecule has 0 atom stereocenters. The monoisotopic (exact) mass is 426 g/mol. The van der Waals surface area contributed by atoms with Crippen LogP contribution in [0, 0.1) is 5.82 Å². The van der Waals surface area contributed by atoms with Gasteiger partial charge in [0, 0.05) is 18.7 Å². The van der Waals surface area contributed by atoms with Crippen LogP contribution in [-0.4, -0.2) is 51.0 Å². The van der Waals surface area contributed by atoms with Crippen molar-refractivity contribution in [2.24, 2.45) is 0 Å². The third-order valence-electron chi connectivity index (χ3n) is 4.93. The minimum absolute atomic E-state index is 0.0724. The first-order chi connectivity index (χ1) is 14.7. The first kappa shape index (κ1) is 20.4. The maximum atomic E-state index is 14.7. The number of benzene rings is 2. The first-order valence-electron chi connectivity index (χ1n) is 10.0. The SMILES string of the molecule is CCOc1ccc(-c2nnc(SCC(=O)N3CCCC3)n2-c2ccccc2F)cc1. The van der Waals surface area contributed by atoms with Gasteiger partial charge in [-0.2, -0.15) is 0 Å². The summed E-state index contributed by atoms with van der Waals surface area (Å²) in [6.45, 7) is 4.11. The van der Waals surface area contributed by atoms with Crippen LogP contribution in [-0.2, 0) is 4.79 Å². The van der Waals surface area contributed by atoms with Crippen molar-refractivity contribution in [2.75, 3.05) is 25.4 Å². The van der Waals surface area contributed by atoms with Crippen molar-refractivity contribution in [1.29, 1.82) is 0 Å². The summed E-state index contributed by atoms with van der Waals surface area (Å²) in [5.41, 5.74) is 1.13. The third-order valence-corrected chi connectivity index (χ3v) is 5.85. The number of likely N-dealkylation sites (tertiary alicyclic amines) is 1. The van der Waals surface area contributed by atoms with Gasteiger partial charge in [-0.05, 0) is 56.2 Å². The molecule has 0 saturated carbocycles. The van der Waals surface area contributed by atoms with Gasteiger partial charge in [-0.3, -0.25) is 9.36 Å². The second-order valence-electron chi connectivity index (χ2n) is 6.93. The molecule has 1 fully saturated rings. The fourth-order valence-corrected chi connectivity index (χ4v) is 4.30. The smallest absolute Gasteiger partial charge is 0.233 e. The predicted octanol–water partition coefficient (Wildman–Crippen LogP) is 4.19. The van der Waals surface area contributed by atoms with E-state index in [0.717, 1.165) is 37.2 Å². The Morgan fingerprint density at radius 1 is 1.10 bits per heavy atom. The van der Waals surface area contributed by atoms with Gasteiger partial charge in [-0.25, -0.2) is 4.39 Å². The lowest BCUT2D eigenvalue weighted by molar-refractivity contribution is -0.127. The van der Waals surface area contributed by atoms with Crippen LogP contribution in [0.1, 0.15) is 19.8 Å². The summed E-state index contributed by atoms with van der Waals surface area (Å²) >= 11 is 1.28. The number of thioether (sulfide) groups is 1. The molecule has 2 aromatic carbocycles. The van der Waals surface area contributed by atoms with Crippen molar-refractivity contribution in [3.05, 3.63) is 54.3 Å². The maximum absolute atomic E-state index is 14.7. The summed E-state index contributed by atoms with van der Waals surface area (Å²) in [7, 11) is 0. The molecule has 2 heterocycles. The standard InChI is InChI=1S/C22H23FN4O2S/c1-2-29-17-11-9-16(10-12-17)21-24-25-22(27(21)19-8-4-3-7-18(19)23)30-15-20(28)26-13-5-6-14-26/h3-4,7-12H,2,5-6,13-15H2,1H3. The maximum Gasteiger partial charge on any atom is 0.233 e. The zero-order chi connectivity index (χ0) is 20.9. The highest BCUT2D eigenvalue weighted by molar-refractivity contribution is 7.99. The molecular formula is C22H23FN4O2S. The van der Waals surface area contributed by atoms with Crippen LogP contribution < -0.4 is 4.74 Å². The van der Waals surface area contributed by atoms with Crippen LogP contribution in [0.3, 0.4) is 0 Å². The van der Waals surface area contributed by atoms with Gasteiger partial charge in [-0.15, -0.1) is 10.2 Å². The zero-order valence-corrected chi connectivity index (χ0v) is 17.6. The van der Waals surface area contributed by atoms with Gasteiger partial charge in [0.05, 0.1) is 18.0 Å². The lowest BCUT2D eigenvalue weighted by Crippen LogP contribution is -2.29. The lowest BCUT2D eigenvalue weighted by Gasteiger charge is -2.15. The van der Waals surface area contributed by atoms with Gasteiger partial charge in [0.15, 0.2) is 11.0 Å². The quantitative estimate of drug-likeness (QED) is 0.530. The number of nitrogens with zero attached hydrogens (tertiary/aromatic N) is 4. The number of carbonyl (C=O) groups excluding carboxylic acids is 1. The molecule has 1 amide bonds. The van der Waals surface area contributed by atoms with Gasteiger partial charge in [0.1, 0.15) is 11.6 Å². The van der Waals surface area contributed by atoms with Crippen molar-refractivity contribution in [3.8, 4) is 22.8 Å². The number of rotatable bonds is 7. The summed E-state index contributed by atoms with van der Waals surface area (Å²) in [6.07, 6.45) is 2.09. The topological polar surface area (TPSA) is 60.3 Å². The molecule has 1 aromatic heterocycles. The Morgan fingerprint density at radius 2 is 1.83 bits per heavy atom. The molecule has 0 N–H and O–H groups in total. The number of halogens is 1. The number of hydrogen-bond donors (Lipinski definition) is 0. The molecule has 1 aliphatic rings. The van der Waals surface area contributed by atoms with Crippen LogP contribution in [0.2, 0.25) is 0 Å². The van der Waals surface area contributed by atoms with Gasteiger partial charge < -0.3 is 9.64 Å². The summed E-state index contributed by atoms with van der Waals surface area (Å²) in [6, 6.07) is 13.9. The van der Waals surface area contributed by atoms with Crippen LogP contribution in [0.4, 0.5) is 4.39 Å². The normalized spacial score (nSPS) is 13.6. The minimum atomic E-state index is -0.378. The number of carbonyl (C=O) groups is 1. The molecule has 0 spiro atoms. The molecule has 0 bridgehead atoms. The Morgan fingerprint density at radius 3 is 2.53 bits per heavy atom. The molecule has 1 aliphatic heterocycles. The van der Waals surface area contributed by atoms with E-state index in [9.17, 15) is 9.18 Å². The Labute approximate surface area is 179 Å². The van der Waals surface area contributed by atoms with Crippen LogP contribution in [0.15, 0.2) is 53.7 Å². The molecule has 8 heteroatoms. The molecule has 0 radical (unpaired) electrons. The number of amides is 1. The predicted molar refractivity (Wildman–Crippen MR) is 114 cm³/mol. The molecule has 30 heavy (non-hydrogen) atoms. The van der Waals surface area contributed by atoms with Crippen molar-refractivity contribution >= 4 is 17.7 Å². The van der Waals surface area contributed by atoms with Gasteiger partial charge in [-0.1, -0.05) is 23.9 Å². The third kappa shape index (κ3) is 4.33. The van der Waals surface area contributed by atoms with Gasteiger partial charge >= 0.3 is 0 Å². The Balaban J connectivity index is 1.66. The molecule has 4 rings (SSSR count). The average Bonchev–Trinajstić information content (AvgIpc) is 3.44. The number of ether oxygens (including phenoxy) is 1. The summed E-state index contributed by atoms with van der Waals surface area (Å²) in [5, 5.41) is 9.07. The van der Waals surface area contributed by atoms with Crippen molar-refractivity contribution in [2.45, 2.75) is 24.9 Å². The lowest BCUT2D eigenvalue weighted by atomic mass is 10.2. The molecule has 0 aliphatic carbocycles. The molecule has 0 unspecified atom stereocenters. The van der Waals surface area contributed by atoms with Crippen molar-refractivity contribution in [3.63, 3.8) is 0 Å². The second kappa shape index (κ2) is 9.30. The second-order valence-corrected chi connectivity index (χ2v) is 7.87. The van der Waals surface area contributed by atoms with Crippen LogP contribution in [0.5, 0.6) is 5.75 Å². The Hall–Kier alpha value is -2.87. The fraction of sp³-hybridized carbons (Fsp3) is 0.318. The van der Waals surface area contributed by atoms with E-state index < -0.39 is 0 Å². The van der Waals surface area contributed by atoms with Crippen molar-refractivity contribution in [1.82, 2.24) is 19.7 Å². The highest BCUT2D eigenvalue weighted by Gasteiger charge is 2.22. The Kier molecular flexibility index (Phi) is 6.32. The van der Waals surface area contributed by atoms with E-state index >= 15 is 0 Å². The van der Waals surface area contributed by atoms with E-state index in [1.165, 1.54) is 17.8 Å². The van der Waals surface area contributed by atoms with E-state index in [1.807, 2.05) is 36.1 Å². The summed E-state index contributed by atoms with van der Waals surface area (Å²) in [5.74, 6) is 1.21. The van der Waals surface area contributed by atoms with Crippen LogP contribution >= 0.6 is 11.8 Å². The van der Waals surface area contributed by atoms with E-state index in [1.54, 1.807) is 22.8 Å². The molecule has 1 saturated heterocycles. The summed E-state index contributed by atoms with van der Waals surface area (Å²) in [4.78, 5) is 14.3. The van der Waals surface area contributed by atoms with E-state index in [-0.39, 0.29) is 17.5 Å². The van der Waals surface area contributed by atoms with E-state index in [0.29, 0.717) is 23.3 Å². The number of aromatic nitrogens is 3. The average molecular weight is 427 g/mol. The number of hydrogen-bond acceptors (Lipinski definition) is 5. The van der Waals surface area contributed by atoms with Gasteiger partial charge in [0.2, 0.25) is 5.91 Å². The zero-order valence-electron chi connectivity index (χ0n) is 16.8. The van der Waals surface area contributed by atoms with E-state index in [4.69, 9.17) is 4.74 Å². The molecule has 156 valence electrons.